The Morgan fingerprint density at radius 3 is 2.26 bits per heavy atom. The molecule has 0 aliphatic rings. The van der Waals surface area contributed by atoms with E-state index >= 15 is 0 Å². The number of nitrogens with one attached hydrogen (secondary N) is 2. The Balaban J connectivity index is 2.39. The van der Waals surface area contributed by atoms with Crippen LogP contribution in [0.2, 0.25) is 0 Å². The van der Waals surface area contributed by atoms with E-state index in [0.29, 0.717) is 6.04 Å². The fourth-order valence-electron chi connectivity index (χ4n) is 3.79. The summed E-state index contributed by atoms with van der Waals surface area (Å²) in [6.45, 7) is 20.7. The number of rotatable bonds is 13. The number of allylic oxidation sites excluding steroid dienone is 3. The zero-order chi connectivity index (χ0) is 25.1. The molecule has 0 amide bonds. The molecule has 0 unspecified atom stereocenters. The Morgan fingerprint density at radius 2 is 1.74 bits per heavy atom. The van der Waals surface area contributed by atoms with E-state index in [0.717, 1.165) is 48.3 Å². The van der Waals surface area contributed by atoms with Gasteiger partial charge in [-0.25, -0.2) is 0 Å². The highest BCUT2D eigenvalue weighted by Crippen LogP contribution is 2.31. The van der Waals surface area contributed by atoms with Crippen molar-refractivity contribution in [3.8, 4) is 0 Å². The minimum Gasteiger partial charge on any atom is -0.393 e. The third kappa shape index (κ3) is 7.74. The molecule has 2 N–H and O–H groups in total. The monoisotopic (exact) mass is 458 g/mol. The molecule has 0 spiro atoms. The Hall–Kier alpha value is -3.11. The first kappa shape index (κ1) is 27.1. The lowest BCUT2D eigenvalue weighted by atomic mass is 10.0. The van der Waals surface area contributed by atoms with Crippen LogP contribution in [0.25, 0.3) is 0 Å². The highest BCUT2D eigenvalue weighted by atomic mass is 15.2. The standard InChI is InChI=1S/C30H42N4/c1-9-25-17-26(10-2)19-29(18-25)34(15-14-32-22(4)5)28-12-13-30(23(6)16-28)33-20-24(7)27(11-3)21-31-8/h11-13,16-22,31-32H,3,7,9-10,14-15H2,1-2,4-6,8H3/b27-21+,33-20?. The van der Waals surface area contributed by atoms with Crippen LogP contribution in [0, 0.1) is 6.92 Å². The van der Waals surface area contributed by atoms with E-state index in [1.54, 1.807) is 12.3 Å². The zero-order valence-electron chi connectivity index (χ0n) is 21.9. The first-order chi connectivity index (χ1) is 16.3. The summed E-state index contributed by atoms with van der Waals surface area (Å²) in [5.41, 5.74) is 8.99. The van der Waals surface area contributed by atoms with Gasteiger partial charge in [0.2, 0.25) is 0 Å². The summed E-state index contributed by atoms with van der Waals surface area (Å²) in [4.78, 5) is 7.11. The average molecular weight is 459 g/mol. The summed E-state index contributed by atoms with van der Waals surface area (Å²) in [6, 6.07) is 13.9. The number of nitrogens with zero attached hydrogens (tertiary/aromatic N) is 2. The topological polar surface area (TPSA) is 39.7 Å². The van der Waals surface area contributed by atoms with Crippen LogP contribution in [-0.2, 0) is 12.8 Å². The lowest BCUT2D eigenvalue weighted by Gasteiger charge is -2.27. The van der Waals surface area contributed by atoms with Crippen molar-refractivity contribution >= 4 is 23.3 Å². The molecular formula is C30H42N4. The summed E-state index contributed by atoms with van der Waals surface area (Å²) < 4.78 is 0. The molecule has 0 atom stereocenters. The molecule has 0 saturated heterocycles. The molecular weight excluding hydrogens is 416 g/mol. The summed E-state index contributed by atoms with van der Waals surface area (Å²) >= 11 is 0. The number of benzene rings is 2. The van der Waals surface area contributed by atoms with Crippen molar-refractivity contribution in [3.05, 3.63) is 89.7 Å². The van der Waals surface area contributed by atoms with Gasteiger partial charge in [-0.05, 0) is 77.9 Å². The van der Waals surface area contributed by atoms with Crippen LogP contribution in [0.3, 0.4) is 0 Å². The van der Waals surface area contributed by atoms with Gasteiger partial charge in [0.1, 0.15) is 0 Å². The Labute approximate surface area is 207 Å². The van der Waals surface area contributed by atoms with Crippen LogP contribution in [0.15, 0.2) is 78.0 Å². The third-order valence-corrected chi connectivity index (χ3v) is 5.80. The predicted molar refractivity (Wildman–Crippen MR) is 151 cm³/mol. The number of aryl methyl sites for hydroxylation is 3. The molecule has 0 aromatic heterocycles. The van der Waals surface area contributed by atoms with Gasteiger partial charge in [0.05, 0.1) is 5.69 Å². The normalized spacial score (nSPS) is 11.8. The van der Waals surface area contributed by atoms with Crippen LogP contribution in [0.4, 0.5) is 17.1 Å². The van der Waals surface area contributed by atoms with Crippen molar-refractivity contribution in [1.82, 2.24) is 10.6 Å². The van der Waals surface area contributed by atoms with Crippen molar-refractivity contribution in [2.75, 3.05) is 25.0 Å². The average Bonchev–Trinajstić information content (AvgIpc) is 2.83. The van der Waals surface area contributed by atoms with Gasteiger partial charge in [-0.1, -0.05) is 53.0 Å². The summed E-state index contributed by atoms with van der Waals surface area (Å²) in [7, 11) is 1.86. The molecule has 0 aliphatic carbocycles. The predicted octanol–water partition coefficient (Wildman–Crippen LogP) is 6.80. The van der Waals surface area contributed by atoms with E-state index in [1.807, 2.05) is 13.2 Å². The highest BCUT2D eigenvalue weighted by Gasteiger charge is 2.13. The molecule has 0 radical (unpaired) electrons. The molecule has 0 bridgehead atoms. The molecule has 4 nitrogen and oxygen atoms in total. The van der Waals surface area contributed by atoms with Crippen LogP contribution >= 0.6 is 0 Å². The number of anilines is 2. The minimum atomic E-state index is 0.457. The number of hydrogen-bond acceptors (Lipinski definition) is 4. The van der Waals surface area contributed by atoms with E-state index in [-0.39, 0.29) is 0 Å². The van der Waals surface area contributed by atoms with E-state index in [1.165, 1.54) is 22.5 Å². The van der Waals surface area contributed by atoms with Crippen molar-refractivity contribution < 1.29 is 0 Å². The molecule has 182 valence electrons. The second kappa shape index (κ2) is 13.6. The second-order valence-electron chi connectivity index (χ2n) is 8.82. The van der Waals surface area contributed by atoms with Gasteiger partial charge < -0.3 is 15.5 Å². The Kier molecular flexibility index (Phi) is 10.8. The number of hydrogen-bond donors (Lipinski definition) is 2. The molecule has 4 heteroatoms. The summed E-state index contributed by atoms with van der Waals surface area (Å²) in [6.07, 6.45) is 7.51. The maximum atomic E-state index is 4.70. The van der Waals surface area contributed by atoms with Gasteiger partial charge in [0.25, 0.3) is 0 Å². The molecule has 2 aromatic rings. The lowest BCUT2D eigenvalue weighted by molar-refractivity contribution is 0.593. The highest BCUT2D eigenvalue weighted by molar-refractivity contribution is 5.87. The van der Waals surface area contributed by atoms with Crippen molar-refractivity contribution in [2.45, 2.75) is 53.5 Å². The van der Waals surface area contributed by atoms with E-state index in [2.05, 4.69) is 99.7 Å². The molecule has 34 heavy (non-hydrogen) atoms. The van der Waals surface area contributed by atoms with Crippen molar-refractivity contribution in [2.24, 2.45) is 4.99 Å². The minimum absolute atomic E-state index is 0.457. The van der Waals surface area contributed by atoms with Crippen LogP contribution in [-0.4, -0.2) is 32.4 Å². The number of aliphatic imine (C=N–C) groups is 1. The maximum absolute atomic E-state index is 4.70. The molecule has 0 heterocycles. The molecule has 0 aliphatic heterocycles. The SMILES string of the molecule is C=C/C(=C\NC)C(=C)C=Nc1ccc(N(CCNC(C)C)c2cc(CC)cc(CC)c2)cc1C. The van der Waals surface area contributed by atoms with Gasteiger partial charge in [-0.3, -0.25) is 4.99 Å². The van der Waals surface area contributed by atoms with Crippen LogP contribution in [0.5, 0.6) is 0 Å². The fourth-order valence-corrected chi connectivity index (χ4v) is 3.79. The smallest absolute Gasteiger partial charge is 0.0660 e. The first-order valence-electron chi connectivity index (χ1n) is 12.3. The van der Waals surface area contributed by atoms with E-state index in [4.69, 9.17) is 4.99 Å². The summed E-state index contributed by atoms with van der Waals surface area (Å²) in [5, 5.41) is 6.58. The summed E-state index contributed by atoms with van der Waals surface area (Å²) in [5.74, 6) is 0. The Morgan fingerprint density at radius 1 is 1.06 bits per heavy atom. The molecule has 0 saturated carbocycles. The van der Waals surface area contributed by atoms with Crippen LogP contribution in [0.1, 0.15) is 44.4 Å². The van der Waals surface area contributed by atoms with Crippen molar-refractivity contribution in [1.29, 1.82) is 0 Å². The molecule has 2 aromatic carbocycles. The first-order valence-corrected chi connectivity index (χ1v) is 12.3. The molecule has 0 fully saturated rings. The maximum Gasteiger partial charge on any atom is 0.0660 e. The quantitative estimate of drug-likeness (QED) is 0.256. The molecule has 2 rings (SSSR count). The van der Waals surface area contributed by atoms with Gasteiger partial charge in [-0.15, -0.1) is 0 Å². The fraction of sp³-hybridized carbons (Fsp3) is 0.367. The van der Waals surface area contributed by atoms with Gasteiger partial charge in [0, 0.05) is 50.0 Å². The van der Waals surface area contributed by atoms with Gasteiger partial charge in [-0.2, -0.15) is 0 Å². The van der Waals surface area contributed by atoms with Crippen molar-refractivity contribution in [3.63, 3.8) is 0 Å². The largest absolute Gasteiger partial charge is 0.393 e. The van der Waals surface area contributed by atoms with Gasteiger partial charge >= 0.3 is 0 Å². The van der Waals surface area contributed by atoms with E-state index < -0.39 is 0 Å². The van der Waals surface area contributed by atoms with E-state index in [9.17, 15) is 0 Å². The van der Waals surface area contributed by atoms with Gasteiger partial charge in [0.15, 0.2) is 0 Å². The Bertz CT molecular complexity index is 1010. The third-order valence-electron chi connectivity index (χ3n) is 5.80. The second-order valence-corrected chi connectivity index (χ2v) is 8.82. The van der Waals surface area contributed by atoms with Crippen LogP contribution < -0.4 is 15.5 Å². The lowest BCUT2D eigenvalue weighted by Crippen LogP contribution is -2.32. The zero-order valence-corrected chi connectivity index (χ0v) is 21.9.